The molecule has 0 unspecified atom stereocenters. The van der Waals surface area contributed by atoms with E-state index in [0.29, 0.717) is 0 Å². The first-order valence-corrected chi connectivity index (χ1v) is 8.23. The van der Waals surface area contributed by atoms with Crippen LogP contribution in [0.15, 0.2) is 22.7 Å². The minimum Gasteiger partial charge on any atom is -0.398 e. The number of benzene rings is 1. The van der Waals surface area contributed by atoms with E-state index in [1.54, 1.807) is 0 Å². The number of hydrogen-bond acceptors (Lipinski definition) is 2. The Hall–Kier alpha value is -0.540. The predicted octanol–water partition coefficient (Wildman–Crippen LogP) is 4.19. The zero-order valence-corrected chi connectivity index (χ0v) is 13.1. The zero-order valence-electron chi connectivity index (χ0n) is 11.5. The molecule has 2 N–H and O–H groups in total. The van der Waals surface area contributed by atoms with Gasteiger partial charge in [0.05, 0.1) is 0 Å². The van der Waals surface area contributed by atoms with Crippen molar-refractivity contribution in [1.29, 1.82) is 0 Å². The number of nitrogens with zero attached hydrogens (tertiary/aromatic N) is 1. The highest BCUT2D eigenvalue weighted by atomic mass is 79.9. The predicted molar refractivity (Wildman–Crippen MR) is 84.0 cm³/mol. The summed E-state index contributed by atoms with van der Waals surface area (Å²) in [5, 5.41) is 0. The van der Waals surface area contributed by atoms with Gasteiger partial charge >= 0.3 is 0 Å². The molecule has 0 aromatic heterocycles. The van der Waals surface area contributed by atoms with E-state index in [4.69, 9.17) is 5.73 Å². The van der Waals surface area contributed by atoms with Crippen LogP contribution in [-0.2, 0) is 6.54 Å². The molecule has 3 heteroatoms. The number of nitrogen functional groups attached to an aromatic ring is 1. The molecule has 0 atom stereocenters. The summed E-state index contributed by atoms with van der Waals surface area (Å²) in [5.41, 5.74) is 8.86. The standard InChI is InChI=1S/C16H23BrN2/c17-14-4-3-13(11-15(14)18)12-19-9-7-16(8-10-19)5-1-2-6-16/h3-4,11H,1-2,5-10,12,18H2. The van der Waals surface area contributed by atoms with Gasteiger partial charge in [0.1, 0.15) is 0 Å². The molecule has 1 saturated heterocycles. The number of piperidine rings is 1. The van der Waals surface area contributed by atoms with Crippen LogP contribution in [0.1, 0.15) is 44.1 Å². The number of halogens is 1. The average Bonchev–Trinajstić information content (AvgIpc) is 2.86. The van der Waals surface area contributed by atoms with Crippen LogP contribution >= 0.6 is 15.9 Å². The van der Waals surface area contributed by atoms with Gasteiger partial charge in [0.2, 0.25) is 0 Å². The van der Waals surface area contributed by atoms with Crippen LogP contribution in [0.4, 0.5) is 5.69 Å². The first kappa shape index (κ1) is 13.4. The average molecular weight is 323 g/mol. The number of rotatable bonds is 2. The molecule has 1 aliphatic heterocycles. The lowest BCUT2D eigenvalue weighted by molar-refractivity contribution is 0.103. The molecule has 1 aromatic carbocycles. The third-order valence-electron chi connectivity index (χ3n) is 5.05. The molecule has 1 saturated carbocycles. The minimum atomic E-state index is 0.718. The molecule has 2 fully saturated rings. The fraction of sp³-hybridized carbons (Fsp3) is 0.625. The van der Waals surface area contributed by atoms with Gasteiger partial charge in [-0.3, -0.25) is 4.90 Å². The number of hydrogen-bond donors (Lipinski definition) is 1. The van der Waals surface area contributed by atoms with Gasteiger partial charge in [-0.1, -0.05) is 18.9 Å². The minimum absolute atomic E-state index is 0.718. The van der Waals surface area contributed by atoms with E-state index in [0.717, 1.165) is 22.1 Å². The highest BCUT2D eigenvalue weighted by Crippen LogP contribution is 2.46. The van der Waals surface area contributed by atoms with Gasteiger partial charge in [-0.25, -0.2) is 0 Å². The summed E-state index contributed by atoms with van der Waals surface area (Å²) in [7, 11) is 0. The Balaban J connectivity index is 1.58. The highest BCUT2D eigenvalue weighted by molar-refractivity contribution is 9.10. The molecule has 2 nitrogen and oxygen atoms in total. The smallest absolute Gasteiger partial charge is 0.0461 e. The third kappa shape index (κ3) is 2.97. The summed E-state index contributed by atoms with van der Waals surface area (Å²) in [6.45, 7) is 3.57. The molecular weight excluding hydrogens is 300 g/mol. The number of anilines is 1. The van der Waals surface area contributed by atoms with Crippen LogP contribution in [-0.4, -0.2) is 18.0 Å². The molecule has 2 aliphatic rings. The van der Waals surface area contributed by atoms with E-state index >= 15 is 0 Å². The molecular formula is C16H23BrN2. The zero-order chi connectivity index (χ0) is 13.3. The SMILES string of the molecule is Nc1cc(CN2CCC3(CCCC3)CC2)ccc1Br. The van der Waals surface area contributed by atoms with Gasteiger partial charge in [-0.15, -0.1) is 0 Å². The van der Waals surface area contributed by atoms with Crippen molar-refractivity contribution < 1.29 is 0 Å². The van der Waals surface area contributed by atoms with Crippen molar-refractivity contribution in [2.45, 2.75) is 45.1 Å². The Kier molecular flexibility index (Phi) is 3.86. The third-order valence-corrected chi connectivity index (χ3v) is 5.77. The monoisotopic (exact) mass is 322 g/mol. The fourth-order valence-electron chi connectivity index (χ4n) is 3.76. The molecule has 1 heterocycles. The van der Waals surface area contributed by atoms with Crippen LogP contribution in [0.2, 0.25) is 0 Å². The summed E-state index contributed by atoms with van der Waals surface area (Å²) in [6, 6.07) is 6.34. The van der Waals surface area contributed by atoms with Crippen molar-refractivity contribution in [3.05, 3.63) is 28.2 Å². The normalized spacial score (nSPS) is 23.0. The number of nitrogens with two attached hydrogens (primary N) is 1. The molecule has 1 aliphatic carbocycles. The summed E-state index contributed by atoms with van der Waals surface area (Å²) >= 11 is 3.46. The van der Waals surface area contributed by atoms with Crippen molar-refractivity contribution in [3.63, 3.8) is 0 Å². The molecule has 0 amide bonds. The van der Waals surface area contributed by atoms with Crippen LogP contribution in [0.3, 0.4) is 0 Å². The lowest BCUT2D eigenvalue weighted by atomic mass is 9.77. The topological polar surface area (TPSA) is 29.3 Å². The van der Waals surface area contributed by atoms with Crippen LogP contribution in [0.5, 0.6) is 0 Å². The van der Waals surface area contributed by atoms with Gasteiger partial charge in [0, 0.05) is 16.7 Å². The van der Waals surface area contributed by atoms with E-state index in [-0.39, 0.29) is 0 Å². The van der Waals surface area contributed by atoms with E-state index in [1.807, 2.05) is 0 Å². The largest absolute Gasteiger partial charge is 0.398 e. The van der Waals surface area contributed by atoms with Gasteiger partial charge < -0.3 is 5.73 Å². The summed E-state index contributed by atoms with van der Waals surface area (Å²) in [4.78, 5) is 2.59. The maximum absolute atomic E-state index is 5.95. The Morgan fingerprint density at radius 2 is 1.79 bits per heavy atom. The Bertz CT molecular complexity index is 442. The van der Waals surface area contributed by atoms with Crippen LogP contribution in [0, 0.1) is 5.41 Å². The quantitative estimate of drug-likeness (QED) is 0.827. The van der Waals surface area contributed by atoms with Crippen molar-refractivity contribution in [3.8, 4) is 0 Å². The fourth-order valence-corrected chi connectivity index (χ4v) is 4.01. The summed E-state index contributed by atoms with van der Waals surface area (Å²) in [6.07, 6.45) is 8.68. The van der Waals surface area contributed by atoms with Crippen molar-refractivity contribution in [1.82, 2.24) is 4.90 Å². The molecule has 19 heavy (non-hydrogen) atoms. The molecule has 0 bridgehead atoms. The van der Waals surface area contributed by atoms with Gasteiger partial charge in [0.25, 0.3) is 0 Å². The van der Waals surface area contributed by atoms with E-state index in [2.05, 4.69) is 39.0 Å². The Morgan fingerprint density at radius 1 is 1.11 bits per heavy atom. The lowest BCUT2D eigenvalue weighted by Crippen LogP contribution is -2.38. The second-order valence-electron chi connectivity index (χ2n) is 6.34. The van der Waals surface area contributed by atoms with Gasteiger partial charge in [0.15, 0.2) is 0 Å². The first-order valence-electron chi connectivity index (χ1n) is 7.43. The number of likely N-dealkylation sites (tertiary alicyclic amines) is 1. The molecule has 1 spiro atoms. The molecule has 104 valence electrons. The second kappa shape index (κ2) is 5.45. The van der Waals surface area contributed by atoms with Crippen LogP contribution < -0.4 is 5.73 Å². The van der Waals surface area contributed by atoms with Crippen molar-refractivity contribution in [2.24, 2.45) is 5.41 Å². The second-order valence-corrected chi connectivity index (χ2v) is 7.19. The van der Waals surface area contributed by atoms with E-state index in [1.165, 1.54) is 57.2 Å². The molecule has 1 aromatic rings. The molecule has 3 rings (SSSR count). The molecule has 0 radical (unpaired) electrons. The Labute approximate surface area is 124 Å². The first-order chi connectivity index (χ1) is 9.17. The Morgan fingerprint density at radius 3 is 2.42 bits per heavy atom. The lowest BCUT2D eigenvalue weighted by Gasteiger charge is -2.39. The maximum Gasteiger partial charge on any atom is 0.0461 e. The van der Waals surface area contributed by atoms with Crippen molar-refractivity contribution >= 4 is 21.6 Å². The van der Waals surface area contributed by atoms with Crippen molar-refractivity contribution in [2.75, 3.05) is 18.8 Å². The maximum atomic E-state index is 5.95. The van der Waals surface area contributed by atoms with Crippen LogP contribution in [0.25, 0.3) is 0 Å². The van der Waals surface area contributed by atoms with E-state index in [9.17, 15) is 0 Å². The highest BCUT2D eigenvalue weighted by Gasteiger charge is 2.36. The van der Waals surface area contributed by atoms with Gasteiger partial charge in [-0.05, 0) is 77.8 Å². The summed E-state index contributed by atoms with van der Waals surface area (Å²) < 4.78 is 1.000. The van der Waals surface area contributed by atoms with Gasteiger partial charge in [-0.2, -0.15) is 0 Å². The summed E-state index contributed by atoms with van der Waals surface area (Å²) in [5.74, 6) is 0. The van der Waals surface area contributed by atoms with E-state index < -0.39 is 0 Å².